The molecule has 0 spiro atoms. The second kappa shape index (κ2) is 8.06. The summed E-state index contributed by atoms with van der Waals surface area (Å²) >= 11 is 0. The van der Waals surface area contributed by atoms with E-state index in [4.69, 9.17) is 9.47 Å². The molecule has 0 radical (unpaired) electrons. The van der Waals surface area contributed by atoms with E-state index in [1.54, 1.807) is 0 Å². The molecule has 0 saturated heterocycles. The van der Waals surface area contributed by atoms with Gasteiger partial charge in [0.15, 0.2) is 0 Å². The van der Waals surface area contributed by atoms with Crippen molar-refractivity contribution in [2.24, 2.45) is 7.05 Å². The van der Waals surface area contributed by atoms with Crippen LogP contribution >= 0.6 is 0 Å². The summed E-state index contributed by atoms with van der Waals surface area (Å²) in [6.07, 6.45) is 0. The Labute approximate surface area is 150 Å². The third kappa shape index (κ3) is 4.32. The predicted octanol–water partition coefficient (Wildman–Crippen LogP) is 2.53. The van der Waals surface area contributed by atoms with Crippen LogP contribution in [0.2, 0.25) is 0 Å². The Morgan fingerprint density at radius 1 is 0.769 bits per heavy atom. The molecule has 0 aliphatic heterocycles. The van der Waals surface area contributed by atoms with Crippen LogP contribution in [-0.4, -0.2) is 26.9 Å². The molecule has 0 aliphatic rings. The lowest BCUT2D eigenvalue weighted by Gasteiger charge is -2.05. The Balaban J connectivity index is 1.66. The monoisotopic (exact) mass is 351 g/mol. The van der Waals surface area contributed by atoms with Gasteiger partial charge in [-0.05, 0) is 11.1 Å². The zero-order valence-electron chi connectivity index (χ0n) is 14.2. The fourth-order valence-electron chi connectivity index (χ4n) is 2.26. The molecule has 0 N–H and O–H groups in total. The van der Waals surface area contributed by atoms with Crippen LogP contribution in [0.15, 0.2) is 60.7 Å². The molecule has 0 saturated carbocycles. The van der Waals surface area contributed by atoms with E-state index in [0.29, 0.717) is 0 Å². The van der Waals surface area contributed by atoms with Crippen LogP contribution in [0.3, 0.4) is 0 Å². The highest BCUT2D eigenvalue weighted by Crippen LogP contribution is 2.11. The molecule has 0 unspecified atom stereocenters. The molecule has 26 heavy (non-hydrogen) atoms. The Morgan fingerprint density at radius 3 is 1.54 bits per heavy atom. The lowest BCUT2D eigenvalue weighted by molar-refractivity contribution is 0.0418. The maximum absolute atomic E-state index is 12.3. The first-order chi connectivity index (χ1) is 12.6. The van der Waals surface area contributed by atoms with E-state index in [-0.39, 0.29) is 24.6 Å². The molecule has 7 heteroatoms. The zero-order chi connectivity index (χ0) is 18.4. The highest BCUT2D eigenvalue weighted by atomic mass is 16.5. The third-order valence-electron chi connectivity index (χ3n) is 3.53. The molecule has 3 rings (SSSR count). The van der Waals surface area contributed by atoms with Gasteiger partial charge in [0.1, 0.15) is 13.2 Å². The van der Waals surface area contributed by atoms with Gasteiger partial charge in [-0.15, -0.1) is 10.2 Å². The molecule has 0 amide bonds. The molecule has 0 aliphatic carbocycles. The second-order valence-corrected chi connectivity index (χ2v) is 5.51. The summed E-state index contributed by atoms with van der Waals surface area (Å²) in [4.78, 5) is 25.7. The second-order valence-electron chi connectivity index (χ2n) is 5.51. The number of aromatic nitrogens is 3. The SMILES string of the molecule is Cn1nc(C(=O)OCc2ccccc2)c(C(=O)OCc2ccccc2)n1. The summed E-state index contributed by atoms with van der Waals surface area (Å²) < 4.78 is 10.4. The summed E-state index contributed by atoms with van der Waals surface area (Å²) in [5, 5.41) is 7.86. The predicted molar refractivity (Wildman–Crippen MR) is 92.1 cm³/mol. The first-order valence-electron chi connectivity index (χ1n) is 7.97. The fraction of sp³-hybridized carbons (Fsp3) is 0.158. The normalized spacial score (nSPS) is 10.3. The van der Waals surface area contributed by atoms with Crippen molar-refractivity contribution in [1.82, 2.24) is 15.0 Å². The van der Waals surface area contributed by atoms with Crippen molar-refractivity contribution in [3.63, 3.8) is 0 Å². The van der Waals surface area contributed by atoms with Crippen molar-refractivity contribution in [1.29, 1.82) is 0 Å². The van der Waals surface area contributed by atoms with Gasteiger partial charge in [-0.25, -0.2) is 9.59 Å². The number of hydrogen-bond donors (Lipinski definition) is 0. The summed E-state index contributed by atoms with van der Waals surface area (Å²) in [7, 11) is 1.52. The maximum atomic E-state index is 12.3. The molecule has 3 aromatic rings. The highest BCUT2D eigenvalue weighted by Gasteiger charge is 2.26. The molecule has 2 aromatic carbocycles. The quantitative estimate of drug-likeness (QED) is 0.635. The third-order valence-corrected chi connectivity index (χ3v) is 3.53. The van der Waals surface area contributed by atoms with Gasteiger partial charge < -0.3 is 9.47 Å². The van der Waals surface area contributed by atoms with E-state index in [2.05, 4.69) is 10.2 Å². The smallest absolute Gasteiger partial charge is 0.361 e. The van der Waals surface area contributed by atoms with Crippen LogP contribution in [0.4, 0.5) is 0 Å². The number of carbonyl (C=O) groups is 2. The number of rotatable bonds is 6. The Kier molecular flexibility index (Phi) is 5.38. The highest BCUT2D eigenvalue weighted by molar-refractivity contribution is 6.00. The molecular formula is C19H17N3O4. The van der Waals surface area contributed by atoms with Crippen LogP contribution in [-0.2, 0) is 29.7 Å². The van der Waals surface area contributed by atoms with E-state index < -0.39 is 11.9 Å². The number of benzene rings is 2. The van der Waals surface area contributed by atoms with Gasteiger partial charge in [-0.3, -0.25) is 0 Å². The topological polar surface area (TPSA) is 83.3 Å². The van der Waals surface area contributed by atoms with Gasteiger partial charge in [0.2, 0.25) is 11.4 Å². The minimum atomic E-state index is -0.728. The van der Waals surface area contributed by atoms with E-state index >= 15 is 0 Å². The first-order valence-corrected chi connectivity index (χ1v) is 7.97. The number of esters is 2. The number of nitrogens with zero attached hydrogens (tertiary/aromatic N) is 3. The van der Waals surface area contributed by atoms with Crippen LogP contribution < -0.4 is 0 Å². The summed E-state index contributed by atoms with van der Waals surface area (Å²) in [6.45, 7) is 0.156. The molecule has 132 valence electrons. The summed E-state index contributed by atoms with van der Waals surface area (Å²) in [5.41, 5.74) is 1.33. The van der Waals surface area contributed by atoms with E-state index in [1.807, 2.05) is 60.7 Å². The molecule has 0 atom stereocenters. The number of aryl methyl sites for hydroxylation is 1. The number of hydrogen-bond acceptors (Lipinski definition) is 6. The van der Waals surface area contributed by atoms with E-state index in [9.17, 15) is 9.59 Å². The van der Waals surface area contributed by atoms with E-state index in [0.717, 1.165) is 15.9 Å². The van der Waals surface area contributed by atoms with Crippen molar-refractivity contribution in [3.05, 3.63) is 83.2 Å². The minimum absolute atomic E-state index is 0.0781. The van der Waals surface area contributed by atoms with Crippen molar-refractivity contribution < 1.29 is 19.1 Å². The average molecular weight is 351 g/mol. The summed E-state index contributed by atoms with van der Waals surface area (Å²) in [5.74, 6) is -1.46. The van der Waals surface area contributed by atoms with Gasteiger partial charge >= 0.3 is 11.9 Å². The molecule has 1 aromatic heterocycles. The van der Waals surface area contributed by atoms with Crippen LogP contribution in [0.5, 0.6) is 0 Å². The first kappa shape index (κ1) is 17.3. The minimum Gasteiger partial charge on any atom is -0.456 e. The Morgan fingerprint density at radius 2 is 1.15 bits per heavy atom. The van der Waals surface area contributed by atoms with Crippen molar-refractivity contribution in [3.8, 4) is 0 Å². The standard InChI is InChI=1S/C19H17N3O4/c1-22-20-16(18(23)25-12-14-8-4-2-5-9-14)17(21-22)19(24)26-13-15-10-6-3-7-11-15/h2-11H,12-13H2,1H3. The molecule has 7 nitrogen and oxygen atoms in total. The molecule has 0 fully saturated rings. The van der Waals surface area contributed by atoms with Crippen molar-refractivity contribution >= 4 is 11.9 Å². The van der Waals surface area contributed by atoms with Gasteiger partial charge in [0.25, 0.3) is 0 Å². The Hall–Kier alpha value is -3.48. The van der Waals surface area contributed by atoms with Gasteiger partial charge in [-0.1, -0.05) is 60.7 Å². The van der Waals surface area contributed by atoms with Crippen molar-refractivity contribution in [2.75, 3.05) is 0 Å². The lowest BCUT2D eigenvalue weighted by Crippen LogP contribution is -2.14. The molecular weight excluding hydrogens is 334 g/mol. The number of carbonyl (C=O) groups excluding carboxylic acids is 2. The number of ether oxygens (including phenoxy) is 2. The largest absolute Gasteiger partial charge is 0.456 e. The van der Waals surface area contributed by atoms with Gasteiger partial charge in [-0.2, -0.15) is 4.80 Å². The van der Waals surface area contributed by atoms with E-state index in [1.165, 1.54) is 7.05 Å². The van der Waals surface area contributed by atoms with Gasteiger partial charge in [0, 0.05) is 7.05 Å². The average Bonchev–Trinajstić information content (AvgIpc) is 3.08. The zero-order valence-corrected chi connectivity index (χ0v) is 14.2. The lowest BCUT2D eigenvalue weighted by atomic mass is 10.2. The van der Waals surface area contributed by atoms with Gasteiger partial charge in [0.05, 0.1) is 0 Å². The molecule has 0 bridgehead atoms. The Bertz CT molecular complexity index is 819. The van der Waals surface area contributed by atoms with Crippen LogP contribution in [0, 0.1) is 0 Å². The van der Waals surface area contributed by atoms with Crippen molar-refractivity contribution in [2.45, 2.75) is 13.2 Å². The molecule has 1 heterocycles. The summed E-state index contributed by atoms with van der Waals surface area (Å²) in [6, 6.07) is 18.4. The van der Waals surface area contributed by atoms with Crippen LogP contribution in [0.25, 0.3) is 0 Å². The maximum Gasteiger partial charge on any atom is 0.361 e. The fourth-order valence-corrected chi connectivity index (χ4v) is 2.26. The van der Waals surface area contributed by atoms with Crippen LogP contribution in [0.1, 0.15) is 32.1 Å².